The summed E-state index contributed by atoms with van der Waals surface area (Å²) in [7, 11) is -3.58. The zero-order valence-electron chi connectivity index (χ0n) is 15.3. The van der Waals surface area contributed by atoms with Gasteiger partial charge in [-0.25, -0.2) is 8.42 Å². The Hall–Kier alpha value is -2.34. The van der Waals surface area contributed by atoms with E-state index in [1.54, 1.807) is 24.3 Å². The molecule has 0 bridgehead atoms. The third kappa shape index (κ3) is 5.59. The minimum atomic E-state index is -3.58. The molecule has 0 aliphatic carbocycles. The highest BCUT2D eigenvalue weighted by molar-refractivity contribution is 7.92. The molecule has 2 aromatic carbocycles. The lowest BCUT2D eigenvalue weighted by Crippen LogP contribution is -2.49. The van der Waals surface area contributed by atoms with Crippen molar-refractivity contribution in [1.82, 2.24) is 5.32 Å². The average Bonchev–Trinajstić information content (AvgIpc) is 2.63. The van der Waals surface area contributed by atoms with Gasteiger partial charge in [0.25, 0.3) is 0 Å². The summed E-state index contributed by atoms with van der Waals surface area (Å²) in [4.78, 5) is 12.6. The van der Waals surface area contributed by atoms with Crippen molar-refractivity contribution in [3.05, 3.63) is 66.2 Å². The molecule has 0 aromatic heterocycles. The maximum Gasteiger partial charge on any atom is 0.243 e. The summed E-state index contributed by atoms with van der Waals surface area (Å²) in [5.41, 5.74) is 1.72. The van der Waals surface area contributed by atoms with Gasteiger partial charge < -0.3 is 5.32 Å². The molecule has 1 N–H and O–H groups in total. The minimum absolute atomic E-state index is 0.269. The summed E-state index contributed by atoms with van der Waals surface area (Å²) < 4.78 is 25.8. The molecule has 0 aliphatic heterocycles. The van der Waals surface area contributed by atoms with Gasteiger partial charge in [-0.15, -0.1) is 0 Å². The van der Waals surface area contributed by atoms with Crippen LogP contribution < -0.4 is 9.62 Å². The predicted molar refractivity (Wildman–Crippen MR) is 106 cm³/mol. The Bertz CT molecular complexity index is 792. The first kappa shape index (κ1) is 20.0. The lowest BCUT2D eigenvalue weighted by Gasteiger charge is -2.30. The van der Waals surface area contributed by atoms with Gasteiger partial charge in [0.05, 0.1) is 11.9 Å². The van der Waals surface area contributed by atoms with Gasteiger partial charge in [0.1, 0.15) is 6.04 Å². The van der Waals surface area contributed by atoms with E-state index in [4.69, 9.17) is 0 Å². The second-order valence-corrected chi connectivity index (χ2v) is 8.06. The third-order valence-corrected chi connectivity index (χ3v) is 5.30. The SMILES string of the molecule is CCC(C(=O)NCCCc1ccccc1)N(c1ccccc1)S(C)(=O)=O. The van der Waals surface area contributed by atoms with Crippen LogP contribution in [0.25, 0.3) is 0 Å². The molecule has 0 fully saturated rings. The van der Waals surface area contributed by atoms with Gasteiger partial charge >= 0.3 is 0 Å². The zero-order chi connectivity index (χ0) is 19.0. The molecular weight excluding hydrogens is 348 g/mol. The minimum Gasteiger partial charge on any atom is -0.354 e. The van der Waals surface area contributed by atoms with Crippen molar-refractivity contribution in [3.8, 4) is 0 Å². The predicted octanol–water partition coefficient (Wildman–Crippen LogP) is 2.98. The fraction of sp³-hybridized carbons (Fsp3) is 0.350. The molecule has 0 aliphatic rings. The molecule has 6 heteroatoms. The van der Waals surface area contributed by atoms with Crippen molar-refractivity contribution in [2.75, 3.05) is 17.1 Å². The normalized spacial score (nSPS) is 12.4. The van der Waals surface area contributed by atoms with Gasteiger partial charge in [-0.05, 0) is 37.0 Å². The van der Waals surface area contributed by atoms with Crippen molar-refractivity contribution in [2.45, 2.75) is 32.2 Å². The van der Waals surface area contributed by atoms with E-state index in [0.29, 0.717) is 18.7 Å². The summed E-state index contributed by atoms with van der Waals surface area (Å²) in [6, 6.07) is 18.0. The molecule has 0 spiro atoms. The van der Waals surface area contributed by atoms with Crippen LogP contribution in [0.2, 0.25) is 0 Å². The number of para-hydroxylation sites is 1. The summed E-state index contributed by atoms with van der Waals surface area (Å²) in [6.07, 6.45) is 3.20. The van der Waals surface area contributed by atoms with E-state index in [0.717, 1.165) is 19.1 Å². The van der Waals surface area contributed by atoms with E-state index in [-0.39, 0.29) is 5.91 Å². The lowest BCUT2D eigenvalue weighted by molar-refractivity contribution is -0.122. The Morgan fingerprint density at radius 3 is 2.15 bits per heavy atom. The molecule has 1 unspecified atom stereocenters. The molecule has 1 atom stereocenters. The molecule has 2 aromatic rings. The topological polar surface area (TPSA) is 66.5 Å². The van der Waals surface area contributed by atoms with Crippen LogP contribution in [0, 0.1) is 0 Å². The quantitative estimate of drug-likeness (QED) is 0.686. The highest BCUT2D eigenvalue weighted by Crippen LogP contribution is 2.21. The van der Waals surface area contributed by atoms with Gasteiger partial charge in [0.15, 0.2) is 0 Å². The number of sulfonamides is 1. The van der Waals surface area contributed by atoms with Crippen LogP contribution in [-0.2, 0) is 21.2 Å². The smallest absolute Gasteiger partial charge is 0.243 e. The second kappa shape index (κ2) is 9.38. The number of anilines is 1. The zero-order valence-corrected chi connectivity index (χ0v) is 16.1. The molecular formula is C20H26N2O3S. The Morgan fingerprint density at radius 2 is 1.62 bits per heavy atom. The number of carbonyl (C=O) groups is 1. The highest BCUT2D eigenvalue weighted by atomic mass is 32.2. The lowest BCUT2D eigenvalue weighted by atomic mass is 10.1. The van der Waals surface area contributed by atoms with E-state index >= 15 is 0 Å². The molecule has 0 heterocycles. The Labute approximate surface area is 156 Å². The van der Waals surface area contributed by atoms with E-state index in [1.165, 1.54) is 9.87 Å². The standard InChI is InChI=1S/C20H26N2O3S/c1-3-19(22(26(2,24)25)18-14-8-5-9-15-18)20(23)21-16-10-13-17-11-6-4-7-12-17/h4-9,11-12,14-15,19H,3,10,13,16H2,1-2H3,(H,21,23). The fourth-order valence-corrected chi connectivity index (χ4v) is 4.11. The molecule has 5 nitrogen and oxygen atoms in total. The molecule has 140 valence electrons. The van der Waals surface area contributed by atoms with Crippen LogP contribution >= 0.6 is 0 Å². The maximum absolute atomic E-state index is 12.6. The highest BCUT2D eigenvalue weighted by Gasteiger charge is 2.31. The average molecular weight is 375 g/mol. The van der Waals surface area contributed by atoms with Gasteiger partial charge in [-0.1, -0.05) is 55.5 Å². The number of amides is 1. The van der Waals surface area contributed by atoms with Crippen molar-refractivity contribution < 1.29 is 13.2 Å². The number of rotatable bonds is 9. The third-order valence-electron chi connectivity index (χ3n) is 4.12. The molecule has 2 rings (SSSR count). The summed E-state index contributed by atoms with van der Waals surface area (Å²) in [5.74, 6) is -0.269. The summed E-state index contributed by atoms with van der Waals surface area (Å²) >= 11 is 0. The van der Waals surface area contributed by atoms with Crippen molar-refractivity contribution in [2.24, 2.45) is 0 Å². The van der Waals surface area contributed by atoms with Crippen LogP contribution in [0.4, 0.5) is 5.69 Å². The van der Waals surface area contributed by atoms with Gasteiger partial charge in [-0.3, -0.25) is 9.10 Å². The van der Waals surface area contributed by atoms with Crippen LogP contribution in [0.15, 0.2) is 60.7 Å². The number of carbonyl (C=O) groups excluding carboxylic acids is 1. The van der Waals surface area contributed by atoms with Gasteiger partial charge in [-0.2, -0.15) is 0 Å². The fourth-order valence-electron chi connectivity index (χ4n) is 2.90. The second-order valence-electron chi connectivity index (χ2n) is 6.20. The van der Waals surface area contributed by atoms with E-state index in [1.807, 2.05) is 31.2 Å². The molecule has 0 radical (unpaired) electrons. The van der Waals surface area contributed by atoms with Crippen molar-refractivity contribution in [1.29, 1.82) is 0 Å². The number of nitrogens with zero attached hydrogens (tertiary/aromatic N) is 1. The summed E-state index contributed by atoms with van der Waals surface area (Å²) in [5, 5.41) is 2.88. The molecule has 0 saturated carbocycles. The van der Waals surface area contributed by atoms with Gasteiger partial charge in [0.2, 0.25) is 15.9 Å². The van der Waals surface area contributed by atoms with E-state index < -0.39 is 16.1 Å². The molecule has 26 heavy (non-hydrogen) atoms. The van der Waals surface area contributed by atoms with Crippen LogP contribution in [-0.4, -0.2) is 33.2 Å². The van der Waals surface area contributed by atoms with Crippen molar-refractivity contribution in [3.63, 3.8) is 0 Å². The Balaban J connectivity index is 2.01. The van der Waals surface area contributed by atoms with Crippen molar-refractivity contribution >= 4 is 21.6 Å². The summed E-state index contributed by atoms with van der Waals surface area (Å²) in [6.45, 7) is 2.33. The number of benzene rings is 2. The molecule has 0 saturated heterocycles. The Morgan fingerprint density at radius 1 is 1.04 bits per heavy atom. The molecule has 1 amide bonds. The largest absolute Gasteiger partial charge is 0.354 e. The number of hydrogen-bond acceptors (Lipinski definition) is 3. The van der Waals surface area contributed by atoms with Gasteiger partial charge in [0, 0.05) is 6.54 Å². The van der Waals surface area contributed by atoms with Crippen LogP contribution in [0.3, 0.4) is 0 Å². The maximum atomic E-state index is 12.6. The number of nitrogens with one attached hydrogen (secondary N) is 1. The first-order valence-electron chi connectivity index (χ1n) is 8.79. The van der Waals surface area contributed by atoms with E-state index in [2.05, 4.69) is 17.4 Å². The number of hydrogen-bond donors (Lipinski definition) is 1. The van der Waals surface area contributed by atoms with E-state index in [9.17, 15) is 13.2 Å². The van der Waals surface area contributed by atoms with Crippen LogP contribution in [0.1, 0.15) is 25.3 Å². The van der Waals surface area contributed by atoms with Crippen LogP contribution in [0.5, 0.6) is 0 Å². The monoisotopic (exact) mass is 374 g/mol. The number of aryl methyl sites for hydroxylation is 1. The Kier molecular flexibility index (Phi) is 7.21. The first-order chi connectivity index (χ1) is 12.4. The first-order valence-corrected chi connectivity index (χ1v) is 10.6.